The molecule has 4 rings (SSSR count). The average Bonchev–Trinajstić information content (AvgIpc) is 3.38. The minimum absolute atomic E-state index is 0.0313. The molecule has 1 aromatic carbocycles. The largest absolute Gasteiger partial charge is 0.466 e. The van der Waals surface area contributed by atoms with E-state index in [1.54, 1.807) is 13.2 Å². The lowest BCUT2D eigenvalue weighted by atomic mass is 9.74. The number of benzene rings is 1. The van der Waals surface area contributed by atoms with Crippen LogP contribution in [0.15, 0.2) is 40.8 Å². The summed E-state index contributed by atoms with van der Waals surface area (Å²) in [5.41, 5.74) is -0.360. The van der Waals surface area contributed by atoms with Gasteiger partial charge in [0, 0.05) is 19.4 Å². The number of aryl methyl sites for hydroxylation is 1. The summed E-state index contributed by atoms with van der Waals surface area (Å²) in [5, 5.41) is 3.03. The van der Waals surface area contributed by atoms with Gasteiger partial charge in [0.2, 0.25) is 0 Å². The second-order valence-corrected chi connectivity index (χ2v) is 9.91. The van der Waals surface area contributed by atoms with E-state index in [1.165, 1.54) is 17.0 Å². The minimum Gasteiger partial charge on any atom is -0.466 e. The third kappa shape index (κ3) is 5.59. The average molecular weight is 486 g/mol. The van der Waals surface area contributed by atoms with Crippen LogP contribution in [0.25, 0.3) is 0 Å². The minimum atomic E-state index is -1.07. The van der Waals surface area contributed by atoms with Gasteiger partial charge < -0.3 is 19.4 Å². The number of carbonyl (C=O) groups is 2. The molecule has 8 heteroatoms. The molecule has 2 saturated heterocycles. The predicted molar refractivity (Wildman–Crippen MR) is 131 cm³/mol. The van der Waals surface area contributed by atoms with Gasteiger partial charge in [0.25, 0.3) is 5.91 Å². The van der Waals surface area contributed by atoms with Gasteiger partial charge in [0.05, 0.1) is 13.2 Å². The fourth-order valence-corrected chi connectivity index (χ4v) is 5.43. The van der Waals surface area contributed by atoms with Crippen LogP contribution in [0.3, 0.4) is 0 Å². The van der Waals surface area contributed by atoms with Crippen LogP contribution >= 0.6 is 0 Å². The highest BCUT2D eigenvalue weighted by molar-refractivity contribution is 6.07. The van der Waals surface area contributed by atoms with Crippen LogP contribution in [0.2, 0.25) is 0 Å². The number of hydrogen-bond acceptors (Lipinski definition) is 5. The van der Waals surface area contributed by atoms with Crippen LogP contribution in [-0.4, -0.2) is 67.2 Å². The fourth-order valence-electron chi connectivity index (χ4n) is 5.43. The van der Waals surface area contributed by atoms with Gasteiger partial charge in [-0.3, -0.25) is 9.69 Å². The van der Waals surface area contributed by atoms with E-state index in [0.29, 0.717) is 11.5 Å². The first-order chi connectivity index (χ1) is 16.8. The molecule has 2 aromatic rings. The highest BCUT2D eigenvalue weighted by Crippen LogP contribution is 2.37. The summed E-state index contributed by atoms with van der Waals surface area (Å²) in [6.45, 7) is 7.27. The quantitative estimate of drug-likeness (QED) is 0.513. The Labute approximate surface area is 206 Å². The zero-order valence-electron chi connectivity index (χ0n) is 20.9. The van der Waals surface area contributed by atoms with Crippen molar-refractivity contribution in [3.05, 3.63) is 59.3 Å². The molecule has 1 aromatic heterocycles. The zero-order valence-corrected chi connectivity index (χ0v) is 20.9. The molecular formula is C27H36FN3O4. The molecule has 2 atom stereocenters. The number of furan rings is 1. The number of hydrogen-bond donors (Lipinski definition) is 1. The zero-order chi connectivity index (χ0) is 25.0. The topological polar surface area (TPSA) is 75.0 Å². The number of urea groups is 1. The van der Waals surface area contributed by atoms with Crippen molar-refractivity contribution < 1.29 is 23.1 Å². The second-order valence-electron chi connectivity index (χ2n) is 9.91. The Balaban J connectivity index is 1.44. The first-order valence-electron chi connectivity index (χ1n) is 12.5. The Kier molecular flexibility index (Phi) is 7.91. The van der Waals surface area contributed by atoms with Crippen molar-refractivity contribution in [3.8, 4) is 0 Å². The van der Waals surface area contributed by atoms with Crippen LogP contribution in [0.5, 0.6) is 0 Å². The maximum absolute atomic E-state index is 13.9. The number of imide groups is 1. The molecule has 0 unspecified atom stereocenters. The summed E-state index contributed by atoms with van der Waals surface area (Å²) in [7, 11) is 1.54. The SMILES string of the molecule is COCCN1C(=O)N[C@@](Cc2cccc(F)c2)(C2CCN(CC[C@H](C)c3ccc(C)o3)CC2)C1=O. The molecule has 0 radical (unpaired) electrons. The van der Waals surface area contributed by atoms with Gasteiger partial charge in [0.15, 0.2) is 0 Å². The van der Waals surface area contributed by atoms with E-state index < -0.39 is 11.6 Å². The first kappa shape index (κ1) is 25.4. The molecule has 0 aliphatic carbocycles. The Morgan fingerprint density at radius 1 is 1.20 bits per heavy atom. The highest BCUT2D eigenvalue weighted by atomic mass is 19.1. The number of methoxy groups -OCH3 is 1. The maximum Gasteiger partial charge on any atom is 0.325 e. The number of piperidine rings is 1. The second kappa shape index (κ2) is 10.9. The third-order valence-electron chi connectivity index (χ3n) is 7.50. The van der Waals surface area contributed by atoms with E-state index in [0.717, 1.165) is 50.4 Å². The van der Waals surface area contributed by atoms with Gasteiger partial charge >= 0.3 is 6.03 Å². The van der Waals surface area contributed by atoms with Crippen LogP contribution in [0, 0.1) is 18.7 Å². The molecule has 190 valence electrons. The summed E-state index contributed by atoms with van der Waals surface area (Å²) in [4.78, 5) is 30.2. The number of likely N-dealkylation sites (tertiary alicyclic amines) is 1. The number of halogens is 1. The lowest BCUT2D eigenvalue weighted by Crippen LogP contribution is -2.57. The van der Waals surface area contributed by atoms with E-state index in [1.807, 2.05) is 25.1 Å². The maximum atomic E-state index is 13.9. The van der Waals surface area contributed by atoms with Gasteiger partial charge in [-0.2, -0.15) is 0 Å². The Hall–Kier alpha value is -2.71. The molecule has 2 aliphatic heterocycles. The van der Waals surface area contributed by atoms with E-state index >= 15 is 0 Å². The normalized spacial score (nSPS) is 22.6. The molecular weight excluding hydrogens is 449 g/mol. The molecule has 2 fully saturated rings. The monoisotopic (exact) mass is 485 g/mol. The van der Waals surface area contributed by atoms with Gasteiger partial charge in [0.1, 0.15) is 22.9 Å². The van der Waals surface area contributed by atoms with Crippen LogP contribution in [0.4, 0.5) is 9.18 Å². The third-order valence-corrected chi connectivity index (χ3v) is 7.50. The Bertz CT molecular complexity index is 1030. The summed E-state index contributed by atoms with van der Waals surface area (Å²) < 4.78 is 24.8. The fraction of sp³-hybridized carbons (Fsp3) is 0.556. The number of rotatable bonds is 10. The highest BCUT2D eigenvalue weighted by Gasteiger charge is 2.55. The molecule has 35 heavy (non-hydrogen) atoms. The predicted octanol–water partition coefficient (Wildman–Crippen LogP) is 4.11. The number of carbonyl (C=O) groups excluding carboxylic acids is 2. The van der Waals surface area contributed by atoms with Gasteiger partial charge in [-0.1, -0.05) is 19.1 Å². The number of amides is 3. The molecule has 3 heterocycles. The molecule has 2 aliphatic rings. The summed E-state index contributed by atoms with van der Waals surface area (Å²) in [6.07, 6.45) is 2.84. The van der Waals surface area contributed by atoms with E-state index in [-0.39, 0.29) is 37.2 Å². The Morgan fingerprint density at radius 2 is 1.97 bits per heavy atom. The molecule has 3 amide bonds. The standard InChI is InChI=1S/C27H36FN3O4/c1-19(24-8-7-20(2)35-24)9-12-30-13-10-22(11-14-30)27(18-21-5-4-6-23(28)17-21)25(32)31(15-16-34-3)26(33)29-27/h4-8,17,19,22H,9-16,18H2,1-3H3,(H,29,33)/t19-,27-/m0/s1. The van der Waals surface area contributed by atoms with Crippen molar-refractivity contribution in [1.82, 2.24) is 15.1 Å². The van der Waals surface area contributed by atoms with E-state index in [9.17, 15) is 14.0 Å². The summed E-state index contributed by atoms with van der Waals surface area (Å²) in [6, 6.07) is 9.95. The van der Waals surface area contributed by atoms with Crippen molar-refractivity contribution in [2.75, 3.05) is 39.9 Å². The van der Waals surface area contributed by atoms with Gasteiger partial charge in [-0.15, -0.1) is 0 Å². The van der Waals surface area contributed by atoms with Gasteiger partial charge in [-0.25, -0.2) is 9.18 Å². The van der Waals surface area contributed by atoms with E-state index in [4.69, 9.17) is 9.15 Å². The number of nitrogens with zero attached hydrogens (tertiary/aromatic N) is 2. The van der Waals surface area contributed by atoms with E-state index in [2.05, 4.69) is 17.1 Å². The molecule has 0 bridgehead atoms. The van der Waals surface area contributed by atoms with Crippen molar-refractivity contribution in [2.45, 2.75) is 51.0 Å². The van der Waals surface area contributed by atoms with Crippen molar-refractivity contribution in [3.63, 3.8) is 0 Å². The smallest absolute Gasteiger partial charge is 0.325 e. The number of nitrogens with one attached hydrogen (secondary N) is 1. The molecule has 0 saturated carbocycles. The molecule has 7 nitrogen and oxygen atoms in total. The Morgan fingerprint density at radius 3 is 2.63 bits per heavy atom. The first-order valence-corrected chi connectivity index (χ1v) is 12.5. The van der Waals surface area contributed by atoms with Crippen LogP contribution in [-0.2, 0) is 16.0 Å². The summed E-state index contributed by atoms with van der Waals surface area (Å²) >= 11 is 0. The van der Waals surface area contributed by atoms with Crippen molar-refractivity contribution >= 4 is 11.9 Å². The van der Waals surface area contributed by atoms with Crippen molar-refractivity contribution in [1.29, 1.82) is 0 Å². The molecule has 1 N–H and O–H groups in total. The molecule has 0 spiro atoms. The van der Waals surface area contributed by atoms with Gasteiger partial charge in [-0.05, 0) is 81.6 Å². The van der Waals surface area contributed by atoms with Crippen LogP contribution < -0.4 is 5.32 Å². The summed E-state index contributed by atoms with van der Waals surface area (Å²) in [5.74, 6) is 1.67. The lowest BCUT2D eigenvalue weighted by Gasteiger charge is -2.41. The number of ether oxygens (including phenoxy) is 1. The van der Waals surface area contributed by atoms with Crippen LogP contribution in [0.1, 0.15) is 49.2 Å². The van der Waals surface area contributed by atoms with Crippen molar-refractivity contribution in [2.24, 2.45) is 5.92 Å². The lowest BCUT2D eigenvalue weighted by molar-refractivity contribution is -0.134.